The Morgan fingerprint density at radius 1 is 1.22 bits per heavy atom. The van der Waals surface area contributed by atoms with Gasteiger partial charge in [-0.3, -0.25) is 0 Å². The second-order valence-corrected chi connectivity index (χ2v) is 7.26. The van der Waals surface area contributed by atoms with Crippen LogP contribution in [0.2, 0.25) is 0 Å². The number of hydrogen-bond donors (Lipinski definition) is 2. The molecular formula is C12H24N2O3S. The minimum absolute atomic E-state index is 0.223. The molecule has 0 bridgehead atoms. The fourth-order valence-electron chi connectivity index (χ4n) is 2.14. The minimum atomic E-state index is -3.10. The third kappa shape index (κ3) is 5.65. The summed E-state index contributed by atoms with van der Waals surface area (Å²) < 4.78 is 31.5. The number of ether oxygens (including phenoxy) is 1. The van der Waals surface area contributed by atoms with E-state index in [1.54, 1.807) is 0 Å². The van der Waals surface area contributed by atoms with Gasteiger partial charge in [0, 0.05) is 19.2 Å². The first-order valence-electron chi connectivity index (χ1n) is 6.94. The first kappa shape index (κ1) is 14.2. The van der Waals surface area contributed by atoms with Gasteiger partial charge in [-0.15, -0.1) is 0 Å². The summed E-state index contributed by atoms with van der Waals surface area (Å²) in [5.41, 5.74) is 0. The van der Waals surface area contributed by atoms with E-state index < -0.39 is 10.0 Å². The van der Waals surface area contributed by atoms with Gasteiger partial charge in [0.05, 0.1) is 12.4 Å². The summed E-state index contributed by atoms with van der Waals surface area (Å²) in [5, 5.41) is 3.32. The van der Waals surface area contributed by atoms with Crippen molar-refractivity contribution in [3.05, 3.63) is 0 Å². The molecule has 1 heterocycles. The van der Waals surface area contributed by atoms with Crippen molar-refractivity contribution in [3.8, 4) is 0 Å². The van der Waals surface area contributed by atoms with Crippen LogP contribution in [0.3, 0.4) is 0 Å². The Bertz CT molecular complexity index is 335. The van der Waals surface area contributed by atoms with Gasteiger partial charge in [0.2, 0.25) is 10.0 Å². The van der Waals surface area contributed by atoms with Gasteiger partial charge in [0.15, 0.2) is 0 Å². The normalized spacial score (nSPS) is 25.2. The predicted molar refractivity (Wildman–Crippen MR) is 71.0 cm³/mol. The van der Waals surface area contributed by atoms with Crippen LogP contribution >= 0.6 is 0 Å². The van der Waals surface area contributed by atoms with Crippen molar-refractivity contribution in [1.29, 1.82) is 0 Å². The van der Waals surface area contributed by atoms with Crippen LogP contribution in [0, 0.1) is 5.92 Å². The van der Waals surface area contributed by atoms with E-state index in [0.29, 0.717) is 31.5 Å². The average molecular weight is 276 g/mol. The molecule has 1 aliphatic heterocycles. The third-order valence-corrected chi connectivity index (χ3v) is 4.88. The number of rotatable bonds is 8. The molecule has 5 nitrogen and oxygen atoms in total. The molecule has 2 N–H and O–H groups in total. The average Bonchev–Trinajstić information content (AvgIpc) is 3.18. The van der Waals surface area contributed by atoms with E-state index in [-0.39, 0.29) is 5.75 Å². The van der Waals surface area contributed by atoms with Gasteiger partial charge >= 0.3 is 0 Å². The molecule has 0 aromatic rings. The van der Waals surface area contributed by atoms with Crippen LogP contribution in [0.25, 0.3) is 0 Å². The lowest BCUT2D eigenvalue weighted by molar-refractivity contribution is 0.0568. The maximum atomic E-state index is 11.8. The van der Waals surface area contributed by atoms with Crippen LogP contribution in [0.15, 0.2) is 0 Å². The van der Waals surface area contributed by atoms with Crippen LogP contribution in [0.5, 0.6) is 0 Å². The quantitative estimate of drug-likeness (QED) is 0.633. The topological polar surface area (TPSA) is 67.4 Å². The van der Waals surface area contributed by atoms with Gasteiger partial charge < -0.3 is 10.1 Å². The van der Waals surface area contributed by atoms with Crippen molar-refractivity contribution in [2.75, 3.05) is 32.1 Å². The van der Waals surface area contributed by atoms with E-state index in [1.807, 2.05) is 0 Å². The lowest BCUT2D eigenvalue weighted by atomic mass is 10.0. The van der Waals surface area contributed by atoms with Crippen LogP contribution in [0.1, 0.15) is 32.1 Å². The molecular weight excluding hydrogens is 252 g/mol. The second-order valence-electron chi connectivity index (χ2n) is 5.33. The molecule has 6 heteroatoms. The zero-order valence-corrected chi connectivity index (χ0v) is 11.7. The third-order valence-electron chi connectivity index (χ3n) is 3.45. The zero-order valence-electron chi connectivity index (χ0n) is 10.9. The zero-order chi connectivity index (χ0) is 12.8. The van der Waals surface area contributed by atoms with Gasteiger partial charge in [-0.05, 0) is 44.6 Å². The van der Waals surface area contributed by atoms with Crippen LogP contribution in [0.4, 0.5) is 0 Å². The fourth-order valence-corrected chi connectivity index (χ4v) is 3.30. The predicted octanol–water partition coefficient (Wildman–Crippen LogP) is 0.475. The van der Waals surface area contributed by atoms with Crippen LogP contribution in [-0.2, 0) is 14.8 Å². The van der Waals surface area contributed by atoms with Crippen molar-refractivity contribution in [1.82, 2.24) is 10.0 Å². The fraction of sp³-hybridized carbons (Fsp3) is 1.00. The Hall–Kier alpha value is -0.170. The molecule has 0 aromatic heterocycles. The molecule has 1 aliphatic carbocycles. The Morgan fingerprint density at radius 2 is 2.06 bits per heavy atom. The van der Waals surface area contributed by atoms with Gasteiger partial charge in [0.1, 0.15) is 0 Å². The van der Waals surface area contributed by atoms with E-state index in [0.717, 1.165) is 26.0 Å². The van der Waals surface area contributed by atoms with Gasteiger partial charge in [-0.1, -0.05) is 0 Å². The largest absolute Gasteiger partial charge is 0.381 e. The highest BCUT2D eigenvalue weighted by molar-refractivity contribution is 7.89. The van der Waals surface area contributed by atoms with Gasteiger partial charge in [-0.25, -0.2) is 13.1 Å². The molecule has 0 amide bonds. The molecule has 2 rings (SSSR count). The number of nitrogens with one attached hydrogen (secondary N) is 2. The Labute approximate surface area is 110 Å². The molecule has 18 heavy (non-hydrogen) atoms. The Morgan fingerprint density at radius 3 is 2.72 bits per heavy atom. The highest BCUT2D eigenvalue weighted by Crippen LogP contribution is 2.18. The molecule has 0 spiro atoms. The van der Waals surface area contributed by atoms with Crippen molar-refractivity contribution >= 4 is 10.0 Å². The van der Waals surface area contributed by atoms with Crippen LogP contribution < -0.4 is 10.0 Å². The number of hydrogen-bond acceptors (Lipinski definition) is 4. The summed E-state index contributed by atoms with van der Waals surface area (Å²) >= 11 is 0. The monoisotopic (exact) mass is 276 g/mol. The van der Waals surface area contributed by atoms with E-state index in [4.69, 9.17) is 4.74 Å². The van der Waals surface area contributed by atoms with Crippen molar-refractivity contribution in [2.24, 2.45) is 5.92 Å². The van der Waals surface area contributed by atoms with Crippen molar-refractivity contribution in [2.45, 2.75) is 38.1 Å². The number of sulfonamides is 1. The molecule has 0 aromatic carbocycles. The lowest BCUT2D eigenvalue weighted by Crippen LogP contribution is -2.35. The standard InChI is InChI=1S/C12H24N2O3S/c15-18(16,8-2-6-13-12-4-5-12)14-9-11-3-1-7-17-10-11/h11-14H,1-10H2. The van der Waals surface area contributed by atoms with E-state index in [1.165, 1.54) is 12.8 Å². The van der Waals surface area contributed by atoms with Gasteiger partial charge in [-0.2, -0.15) is 0 Å². The molecule has 1 saturated carbocycles. The second kappa shape index (κ2) is 6.84. The Kier molecular flexibility index (Phi) is 5.41. The van der Waals surface area contributed by atoms with Crippen LogP contribution in [-0.4, -0.2) is 46.5 Å². The summed E-state index contributed by atoms with van der Waals surface area (Å²) in [5.74, 6) is 0.568. The summed E-state index contributed by atoms with van der Waals surface area (Å²) in [6.45, 7) is 2.83. The maximum Gasteiger partial charge on any atom is 0.211 e. The lowest BCUT2D eigenvalue weighted by Gasteiger charge is -2.22. The van der Waals surface area contributed by atoms with E-state index >= 15 is 0 Å². The smallest absolute Gasteiger partial charge is 0.211 e. The first-order valence-corrected chi connectivity index (χ1v) is 8.59. The molecule has 1 unspecified atom stereocenters. The first-order chi connectivity index (χ1) is 8.66. The highest BCUT2D eigenvalue weighted by atomic mass is 32.2. The summed E-state index contributed by atoms with van der Waals surface area (Å²) in [6.07, 6.45) is 5.27. The molecule has 106 valence electrons. The molecule has 1 atom stereocenters. The molecule has 2 aliphatic rings. The van der Waals surface area contributed by atoms with E-state index in [9.17, 15) is 8.42 Å². The molecule has 2 fully saturated rings. The summed E-state index contributed by atoms with van der Waals surface area (Å²) in [4.78, 5) is 0. The molecule has 1 saturated heterocycles. The van der Waals surface area contributed by atoms with Crippen molar-refractivity contribution < 1.29 is 13.2 Å². The maximum absolute atomic E-state index is 11.8. The summed E-state index contributed by atoms with van der Waals surface area (Å²) in [7, 11) is -3.10. The van der Waals surface area contributed by atoms with E-state index in [2.05, 4.69) is 10.0 Å². The van der Waals surface area contributed by atoms with Crippen molar-refractivity contribution in [3.63, 3.8) is 0 Å². The molecule has 0 radical (unpaired) electrons. The SMILES string of the molecule is O=S(=O)(CCCNC1CC1)NCC1CCCOC1. The highest BCUT2D eigenvalue weighted by Gasteiger charge is 2.20. The Balaban J connectivity index is 1.56. The summed E-state index contributed by atoms with van der Waals surface area (Å²) in [6, 6.07) is 0.653. The minimum Gasteiger partial charge on any atom is -0.381 e. The van der Waals surface area contributed by atoms with Gasteiger partial charge in [0.25, 0.3) is 0 Å².